The van der Waals surface area contributed by atoms with Crippen molar-refractivity contribution in [3.05, 3.63) is 90.3 Å². The average molecular weight is 671 g/mol. The summed E-state index contributed by atoms with van der Waals surface area (Å²) in [6, 6.07) is 14.2. The fourth-order valence-electron chi connectivity index (χ4n) is 6.32. The third-order valence-corrected chi connectivity index (χ3v) is 8.77. The van der Waals surface area contributed by atoms with Crippen molar-refractivity contribution in [3.63, 3.8) is 0 Å². The second-order valence-electron chi connectivity index (χ2n) is 14.0. The van der Waals surface area contributed by atoms with Crippen LogP contribution in [-0.4, -0.2) is 62.7 Å². The van der Waals surface area contributed by atoms with Crippen LogP contribution < -0.4 is 9.64 Å². The van der Waals surface area contributed by atoms with Gasteiger partial charge in [0.1, 0.15) is 11.6 Å². The second-order valence-corrected chi connectivity index (χ2v) is 14.0. The van der Waals surface area contributed by atoms with Crippen molar-refractivity contribution in [3.8, 4) is 5.75 Å². The molecule has 2 atom stereocenters. The highest BCUT2D eigenvalue weighted by Crippen LogP contribution is 2.38. The van der Waals surface area contributed by atoms with Crippen molar-refractivity contribution in [1.29, 1.82) is 0 Å². The normalized spacial score (nSPS) is 16.1. The van der Waals surface area contributed by atoms with Crippen molar-refractivity contribution in [2.75, 3.05) is 24.6 Å². The summed E-state index contributed by atoms with van der Waals surface area (Å²) < 4.78 is 26.7. The molecule has 0 aliphatic carbocycles. The Bertz CT molecular complexity index is 1800. The highest BCUT2D eigenvalue weighted by molar-refractivity contribution is 5.89. The minimum Gasteiger partial charge on any atom is -0.489 e. The Morgan fingerprint density at radius 3 is 2.51 bits per heavy atom. The fraction of sp³-hybridized carbons (Fsp3) is 0.462. The van der Waals surface area contributed by atoms with Gasteiger partial charge in [-0.3, -0.25) is 0 Å². The molecular formula is C39H50N4O6. The highest BCUT2D eigenvalue weighted by atomic mass is 16.5. The molecule has 5 rings (SSSR count). The molecule has 1 aliphatic heterocycles. The van der Waals surface area contributed by atoms with Crippen molar-refractivity contribution >= 4 is 28.2 Å². The Hall–Kier alpha value is -4.25. The van der Waals surface area contributed by atoms with E-state index < -0.39 is 17.7 Å². The number of piperidine rings is 1. The summed E-state index contributed by atoms with van der Waals surface area (Å²) in [5.41, 5.74) is 2.28. The van der Waals surface area contributed by atoms with Gasteiger partial charge < -0.3 is 29.0 Å². The first-order chi connectivity index (χ1) is 23.3. The van der Waals surface area contributed by atoms with Crippen molar-refractivity contribution in [1.82, 2.24) is 14.6 Å². The van der Waals surface area contributed by atoms with Gasteiger partial charge >= 0.3 is 5.97 Å². The predicted octanol–water partition coefficient (Wildman–Crippen LogP) is 7.75. The van der Waals surface area contributed by atoms with Crippen LogP contribution in [0, 0.1) is 6.92 Å². The molecule has 2 aromatic carbocycles. The molecule has 49 heavy (non-hydrogen) atoms. The first-order valence-corrected chi connectivity index (χ1v) is 17.0. The van der Waals surface area contributed by atoms with Crippen LogP contribution >= 0.6 is 0 Å². The molecule has 10 nitrogen and oxygen atoms in total. The number of nitrogens with zero attached hydrogens (tertiary/aromatic N) is 4. The summed E-state index contributed by atoms with van der Waals surface area (Å²) in [6.45, 7) is 21.5. The summed E-state index contributed by atoms with van der Waals surface area (Å²) >= 11 is 0. The summed E-state index contributed by atoms with van der Waals surface area (Å²) in [5.74, 6) is 0.389. The van der Waals surface area contributed by atoms with Crippen LogP contribution in [0.1, 0.15) is 82.5 Å². The Morgan fingerprint density at radius 2 is 1.84 bits per heavy atom. The number of aromatic nitrogens is 3. The first kappa shape index (κ1) is 36.0. The van der Waals surface area contributed by atoms with Gasteiger partial charge in [-0.2, -0.15) is 9.61 Å². The van der Waals surface area contributed by atoms with Gasteiger partial charge in [-0.05, 0) is 59.8 Å². The quantitative estimate of drug-likeness (QED) is 0.127. The molecule has 0 saturated carbocycles. The molecular weight excluding hydrogens is 620 g/mol. The zero-order valence-electron chi connectivity index (χ0n) is 29.7. The van der Waals surface area contributed by atoms with Gasteiger partial charge in [0.15, 0.2) is 11.8 Å². The highest BCUT2D eigenvalue weighted by Gasteiger charge is 2.37. The molecule has 0 amide bonds. The lowest BCUT2D eigenvalue weighted by molar-refractivity contribution is -0.160. The van der Waals surface area contributed by atoms with E-state index in [2.05, 4.69) is 43.2 Å². The SMILES string of the molecule is C=CCOC1(C)CCN(c2c(C(OC(C)(C)C)C(=O)O)c(C)nc3cc(COCc4ccc5ccccc5c4OC(C)CC=C)nn23)CC1. The molecule has 1 N–H and O–H groups in total. The van der Waals surface area contributed by atoms with Gasteiger partial charge in [0, 0.05) is 42.2 Å². The van der Waals surface area contributed by atoms with Crippen molar-refractivity contribution < 1.29 is 28.8 Å². The number of benzene rings is 2. The van der Waals surface area contributed by atoms with E-state index >= 15 is 0 Å². The van der Waals surface area contributed by atoms with Gasteiger partial charge in [0.2, 0.25) is 0 Å². The van der Waals surface area contributed by atoms with Crippen LogP contribution in [0.3, 0.4) is 0 Å². The van der Waals surface area contributed by atoms with Crippen molar-refractivity contribution in [2.45, 2.75) is 97.4 Å². The van der Waals surface area contributed by atoms with Crippen LogP contribution in [0.15, 0.2) is 67.8 Å². The van der Waals surface area contributed by atoms with Crippen LogP contribution in [0.4, 0.5) is 5.82 Å². The smallest absolute Gasteiger partial charge is 0.337 e. The number of hydrogen-bond acceptors (Lipinski definition) is 8. The van der Waals surface area contributed by atoms with Gasteiger partial charge in [-0.15, -0.1) is 13.2 Å². The Balaban J connectivity index is 1.47. The van der Waals surface area contributed by atoms with Crippen LogP contribution in [-0.2, 0) is 32.2 Å². The third kappa shape index (κ3) is 8.49. The van der Waals surface area contributed by atoms with Gasteiger partial charge in [0.25, 0.3) is 0 Å². The van der Waals surface area contributed by atoms with Crippen LogP contribution in [0.2, 0.25) is 0 Å². The van der Waals surface area contributed by atoms with Crippen molar-refractivity contribution in [2.24, 2.45) is 0 Å². The molecule has 2 aromatic heterocycles. The molecule has 0 spiro atoms. The van der Waals surface area contributed by atoms with E-state index in [0.717, 1.165) is 41.3 Å². The molecule has 4 aromatic rings. The lowest BCUT2D eigenvalue weighted by atomic mass is 9.92. The zero-order chi connectivity index (χ0) is 35.3. The summed E-state index contributed by atoms with van der Waals surface area (Å²) in [5, 5.41) is 17.5. The summed E-state index contributed by atoms with van der Waals surface area (Å²) in [4.78, 5) is 19.8. The zero-order valence-corrected chi connectivity index (χ0v) is 29.7. The number of rotatable bonds is 15. The maximum Gasteiger partial charge on any atom is 0.337 e. The molecule has 262 valence electrons. The number of hydrogen-bond donors (Lipinski definition) is 1. The standard InChI is InChI=1S/C39H50N4O6/c1-9-13-26(3)48-34-29(17-16-28-14-11-12-15-31(28)34)24-46-25-30-23-32-40-27(4)33(35(37(44)45)49-38(5,6)7)36(43(32)41-30)42-20-18-39(8,19-21-42)47-22-10-2/h9-12,14-17,23,26,35H,1-2,13,18-22,24-25H2,3-8H3,(H,44,45). The van der Waals surface area contributed by atoms with Gasteiger partial charge in [-0.1, -0.05) is 48.6 Å². The predicted molar refractivity (Wildman–Crippen MR) is 192 cm³/mol. The number of aliphatic carboxylic acids is 1. The molecule has 3 heterocycles. The number of carbonyl (C=O) groups is 1. The molecule has 1 saturated heterocycles. The Kier molecular flexibility index (Phi) is 11.1. The molecule has 2 unspecified atom stereocenters. The summed E-state index contributed by atoms with van der Waals surface area (Å²) in [7, 11) is 0. The molecule has 0 radical (unpaired) electrons. The number of ether oxygens (including phenoxy) is 4. The topological polar surface area (TPSA) is 108 Å². The van der Waals surface area contributed by atoms with Crippen LogP contribution in [0.5, 0.6) is 5.75 Å². The number of aryl methyl sites for hydroxylation is 1. The minimum atomic E-state index is -1.24. The van der Waals surface area contributed by atoms with E-state index in [4.69, 9.17) is 29.0 Å². The number of fused-ring (bicyclic) bond motifs is 2. The lowest BCUT2D eigenvalue weighted by Gasteiger charge is -2.41. The largest absolute Gasteiger partial charge is 0.489 e. The maximum absolute atomic E-state index is 12.8. The van der Waals surface area contributed by atoms with E-state index in [1.54, 1.807) is 10.6 Å². The maximum atomic E-state index is 12.8. The van der Waals surface area contributed by atoms with Gasteiger partial charge in [-0.25, -0.2) is 9.78 Å². The first-order valence-electron chi connectivity index (χ1n) is 17.0. The Labute approximate surface area is 289 Å². The Morgan fingerprint density at radius 1 is 1.10 bits per heavy atom. The number of anilines is 1. The van der Waals surface area contributed by atoms with Gasteiger partial charge in [0.05, 0.1) is 48.4 Å². The van der Waals surface area contributed by atoms with E-state index in [9.17, 15) is 9.90 Å². The van der Waals surface area contributed by atoms with Crippen LogP contribution in [0.25, 0.3) is 16.4 Å². The third-order valence-electron chi connectivity index (χ3n) is 8.77. The molecule has 1 fully saturated rings. The fourth-order valence-corrected chi connectivity index (χ4v) is 6.32. The number of carboxylic acids is 1. The van der Waals surface area contributed by atoms with E-state index in [0.29, 0.717) is 54.7 Å². The van der Waals surface area contributed by atoms with E-state index in [-0.39, 0.29) is 18.3 Å². The van der Waals surface area contributed by atoms with E-state index in [1.807, 2.05) is 65.0 Å². The summed E-state index contributed by atoms with van der Waals surface area (Å²) in [6.07, 6.45) is 4.56. The second kappa shape index (κ2) is 15.1. The molecule has 10 heteroatoms. The average Bonchev–Trinajstić information content (AvgIpc) is 3.45. The molecule has 1 aliphatic rings. The monoisotopic (exact) mass is 670 g/mol. The molecule has 0 bridgehead atoms. The lowest BCUT2D eigenvalue weighted by Crippen LogP contribution is -2.45. The van der Waals surface area contributed by atoms with E-state index in [1.165, 1.54) is 0 Å². The minimum absolute atomic E-state index is 0.0412. The number of carboxylic acid groups (broad SMARTS) is 1.